The van der Waals surface area contributed by atoms with Crippen LogP contribution in [0.5, 0.6) is 0 Å². The van der Waals surface area contributed by atoms with Gasteiger partial charge in [-0.1, -0.05) is 13.3 Å². The van der Waals surface area contributed by atoms with Gasteiger partial charge in [0, 0.05) is 18.2 Å². The molecule has 0 aliphatic carbocycles. The lowest BCUT2D eigenvalue weighted by Crippen LogP contribution is -2.52. The summed E-state index contributed by atoms with van der Waals surface area (Å²) in [6.45, 7) is 3.65. The highest BCUT2D eigenvalue weighted by Gasteiger charge is 2.41. The third-order valence-corrected chi connectivity index (χ3v) is 4.38. The number of aliphatic carboxylic acids is 1. The molecular weight excluding hydrogens is 282 g/mol. The van der Waals surface area contributed by atoms with Crippen molar-refractivity contribution < 1.29 is 19.5 Å². The minimum absolute atomic E-state index is 0.0307. The molecule has 0 bridgehead atoms. The van der Waals surface area contributed by atoms with Gasteiger partial charge in [-0.2, -0.15) is 0 Å². The van der Waals surface area contributed by atoms with Gasteiger partial charge in [0.1, 0.15) is 6.04 Å². The van der Waals surface area contributed by atoms with Crippen LogP contribution in [0.25, 0.3) is 0 Å². The van der Waals surface area contributed by atoms with E-state index < -0.39 is 30.0 Å². The summed E-state index contributed by atoms with van der Waals surface area (Å²) in [7, 11) is 0. The number of carboxylic acid groups (broad SMARTS) is 1. The molecule has 7 nitrogen and oxygen atoms in total. The van der Waals surface area contributed by atoms with Crippen molar-refractivity contribution in [2.45, 2.75) is 50.6 Å². The fraction of sp³-hybridized carbons (Fsp3) is 0.750. The van der Waals surface area contributed by atoms with Gasteiger partial charge >= 0.3 is 12.0 Å². The Morgan fingerprint density at radius 3 is 2.65 bits per heavy atom. The molecule has 0 aromatic rings. The largest absolute Gasteiger partial charge is 0.480 e. The first kappa shape index (κ1) is 16.6. The number of amides is 3. The van der Waals surface area contributed by atoms with Crippen molar-refractivity contribution in [3.05, 3.63) is 0 Å². The summed E-state index contributed by atoms with van der Waals surface area (Å²) in [5.74, 6) is -1.13. The van der Waals surface area contributed by atoms with Crippen molar-refractivity contribution in [3.8, 4) is 0 Å². The quantitative estimate of drug-likeness (QED) is 0.664. The summed E-state index contributed by atoms with van der Waals surface area (Å²) in [5, 5.41) is 11.7. The lowest BCUT2D eigenvalue weighted by atomic mass is 10.2. The van der Waals surface area contributed by atoms with Gasteiger partial charge in [0.25, 0.3) is 0 Å². The van der Waals surface area contributed by atoms with E-state index in [2.05, 4.69) is 5.32 Å². The second-order valence-electron chi connectivity index (χ2n) is 4.86. The van der Waals surface area contributed by atoms with Crippen LogP contribution in [0.1, 0.15) is 33.1 Å². The van der Waals surface area contributed by atoms with Gasteiger partial charge in [-0.05, 0) is 13.3 Å². The highest BCUT2D eigenvalue weighted by atomic mass is 32.2. The molecule has 1 aliphatic heterocycles. The Balaban J connectivity index is 2.73. The van der Waals surface area contributed by atoms with Crippen LogP contribution in [0.3, 0.4) is 0 Å². The number of carbonyl (C=O) groups is 3. The molecule has 0 aromatic carbocycles. The summed E-state index contributed by atoms with van der Waals surface area (Å²) in [6, 6.07) is -1.69. The Labute approximate surface area is 122 Å². The first-order valence-corrected chi connectivity index (χ1v) is 7.63. The Morgan fingerprint density at radius 1 is 1.50 bits per heavy atom. The molecule has 20 heavy (non-hydrogen) atoms. The van der Waals surface area contributed by atoms with Crippen LogP contribution in [0.2, 0.25) is 0 Å². The molecule has 1 saturated heterocycles. The predicted molar refractivity (Wildman–Crippen MR) is 76.2 cm³/mol. The number of nitrogens with zero attached hydrogens (tertiary/aromatic N) is 1. The monoisotopic (exact) mass is 303 g/mol. The van der Waals surface area contributed by atoms with Crippen molar-refractivity contribution in [1.82, 2.24) is 10.2 Å². The molecule has 1 heterocycles. The SMILES string of the molecule is CCCC1SCC(C(=O)O)N1C(=O)NC(C)CC(N)=O. The molecular formula is C12H21N3O4S. The van der Waals surface area contributed by atoms with E-state index in [-0.39, 0.29) is 11.8 Å². The maximum Gasteiger partial charge on any atom is 0.327 e. The minimum atomic E-state index is -1.01. The van der Waals surface area contributed by atoms with Crippen LogP contribution in [0, 0.1) is 0 Å². The molecule has 3 atom stereocenters. The van der Waals surface area contributed by atoms with E-state index in [9.17, 15) is 19.5 Å². The van der Waals surface area contributed by atoms with Gasteiger partial charge in [-0.25, -0.2) is 9.59 Å². The minimum Gasteiger partial charge on any atom is -0.480 e. The Morgan fingerprint density at radius 2 is 2.15 bits per heavy atom. The molecule has 3 unspecified atom stereocenters. The zero-order chi connectivity index (χ0) is 15.3. The van der Waals surface area contributed by atoms with Crippen molar-refractivity contribution in [2.24, 2.45) is 5.73 Å². The van der Waals surface area contributed by atoms with E-state index in [1.807, 2.05) is 6.92 Å². The third-order valence-electron chi connectivity index (χ3n) is 3.02. The Kier molecular flexibility index (Phi) is 6.12. The van der Waals surface area contributed by atoms with Crippen molar-refractivity contribution in [3.63, 3.8) is 0 Å². The Bertz CT molecular complexity index is 391. The first-order chi connectivity index (χ1) is 9.36. The number of carboxylic acids is 1. The number of hydrogen-bond donors (Lipinski definition) is 3. The highest BCUT2D eigenvalue weighted by molar-refractivity contribution is 8.00. The van der Waals surface area contributed by atoms with E-state index in [4.69, 9.17) is 5.73 Å². The maximum atomic E-state index is 12.2. The lowest BCUT2D eigenvalue weighted by Gasteiger charge is -2.28. The molecule has 0 spiro atoms. The van der Waals surface area contributed by atoms with Crippen LogP contribution >= 0.6 is 11.8 Å². The molecule has 1 aliphatic rings. The molecule has 1 fully saturated rings. The van der Waals surface area contributed by atoms with Crippen molar-refractivity contribution >= 4 is 29.7 Å². The van der Waals surface area contributed by atoms with E-state index in [0.717, 1.165) is 12.8 Å². The normalized spacial score (nSPS) is 23.4. The highest BCUT2D eigenvalue weighted by Crippen LogP contribution is 2.32. The zero-order valence-corrected chi connectivity index (χ0v) is 12.5. The number of urea groups is 1. The summed E-state index contributed by atoms with van der Waals surface area (Å²) < 4.78 is 0. The summed E-state index contributed by atoms with van der Waals surface area (Å²) in [5.41, 5.74) is 5.07. The molecule has 1 rings (SSSR count). The number of nitrogens with one attached hydrogen (secondary N) is 1. The predicted octanol–water partition coefficient (Wildman–Crippen LogP) is 0.588. The molecule has 8 heteroatoms. The van der Waals surface area contributed by atoms with Crippen molar-refractivity contribution in [2.75, 3.05) is 5.75 Å². The Hall–Kier alpha value is -1.44. The van der Waals surface area contributed by atoms with E-state index in [1.165, 1.54) is 16.7 Å². The average Bonchev–Trinajstić information content (AvgIpc) is 2.72. The third kappa shape index (κ3) is 4.29. The number of hydrogen-bond acceptors (Lipinski definition) is 4. The van der Waals surface area contributed by atoms with Gasteiger partial charge in [0.05, 0.1) is 5.37 Å². The number of primary amides is 1. The van der Waals surface area contributed by atoms with Crippen LogP contribution < -0.4 is 11.1 Å². The van der Waals surface area contributed by atoms with Gasteiger partial charge in [0.15, 0.2) is 0 Å². The fourth-order valence-corrected chi connectivity index (χ4v) is 3.65. The molecule has 114 valence electrons. The molecule has 0 aromatic heterocycles. The number of rotatable bonds is 6. The average molecular weight is 303 g/mol. The van der Waals surface area contributed by atoms with E-state index in [1.54, 1.807) is 6.92 Å². The lowest BCUT2D eigenvalue weighted by molar-refractivity contribution is -0.141. The van der Waals surface area contributed by atoms with Crippen LogP contribution in [-0.2, 0) is 9.59 Å². The van der Waals surface area contributed by atoms with Crippen molar-refractivity contribution in [1.29, 1.82) is 0 Å². The fourth-order valence-electron chi connectivity index (χ4n) is 2.13. The van der Waals surface area contributed by atoms with Gasteiger partial charge in [-0.3, -0.25) is 9.69 Å². The smallest absolute Gasteiger partial charge is 0.327 e. The molecule has 4 N–H and O–H groups in total. The summed E-state index contributed by atoms with van der Waals surface area (Å²) >= 11 is 1.47. The van der Waals surface area contributed by atoms with E-state index in [0.29, 0.717) is 5.75 Å². The zero-order valence-electron chi connectivity index (χ0n) is 11.7. The van der Waals surface area contributed by atoms with E-state index >= 15 is 0 Å². The standard InChI is InChI=1S/C12H21N3O4S/c1-3-4-10-15(8(6-20-10)11(17)18)12(19)14-7(2)5-9(13)16/h7-8,10H,3-6H2,1-2H3,(H2,13,16)(H,14,19)(H,17,18). The number of thioether (sulfide) groups is 1. The first-order valence-electron chi connectivity index (χ1n) is 6.58. The van der Waals surface area contributed by atoms with Gasteiger partial charge in [-0.15, -0.1) is 11.8 Å². The summed E-state index contributed by atoms with van der Waals surface area (Å²) in [6.07, 6.45) is 1.64. The number of nitrogens with two attached hydrogens (primary N) is 1. The second kappa shape index (κ2) is 7.37. The van der Waals surface area contributed by atoms with Gasteiger partial charge in [0.2, 0.25) is 5.91 Å². The topological polar surface area (TPSA) is 113 Å². The maximum absolute atomic E-state index is 12.2. The number of carbonyl (C=O) groups excluding carboxylic acids is 2. The van der Waals surface area contributed by atoms with Gasteiger partial charge < -0.3 is 16.2 Å². The summed E-state index contributed by atoms with van der Waals surface area (Å²) in [4.78, 5) is 35.6. The van der Waals surface area contributed by atoms with Crippen LogP contribution in [-0.4, -0.2) is 51.1 Å². The molecule has 0 saturated carbocycles. The molecule has 0 radical (unpaired) electrons. The van der Waals surface area contributed by atoms with Crippen LogP contribution in [0.15, 0.2) is 0 Å². The second-order valence-corrected chi connectivity index (χ2v) is 6.07. The van der Waals surface area contributed by atoms with Crippen LogP contribution in [0.4, 0.5) is 4.79 Å². The molecule has 3 amide bonds.